The molecule has 2 aromatic carbocycles. The average Bonchev–Trinajstić information content (AvgIpc) is 2.74. The van der Waals surface area contributed by atoms with Crippen LogP contribution in [-0.4, -0.2) is 37.0 Å². The Balaban J connectivity index is 2.21. The molecule has 1 atom stereocenters. The summed E-state index contributed by atoms with van der Waals surface area (Å²) in [5.74, 6) is -3.57. The number of benzene rings is 2. The number of aliphatic carboxylic acids is 1. The number of amidine groups is 1. The Hall–Kier alpha value is -3.76. The summed E-state index contributed by atoms with van der Waals surface area (Å²) in [5, 5.41) is 23.8. The number of nitrogen functional groups attached to an aromatic ring is 1. The highest BCUT2D eigenvalue weighted by Crippen LogP contribution is 2.30. The van der Waals surface area contributed by atoms with Crippen molar-refractivity contribution in [1.82, 2.24) is 5.32 Å². The predicted molar refractivity (Wildman–Crippen MR) is 109 cm³/mol. The van der Waals surface area contributed by atoms with Crippen LogP contribution in [0.2, 0.25) is 0 Å². The standard InChI is InChI=1S/C21H23F3N4O4/c1-2-12-3-8-16(32-10-9-27-20(31)21(22,23)24)15(11-12)17(19(29)30)28-14-6-4-13(5-7-14)18(25)26/h3-8,11,17,28H,2,9-10H2,1H3,(H3,25,26)(H,27,31)(H,29,30)/p-1. The smallest absolute Gasteiger partial charge is 0.471 e. The van der Waals surface area contributed by atoms with Crippen LogP contribution >= 0.6 is 0 Å². The van der Waals surface area contributed by atoms with Gasteiger partial charge in [0.25, 0.3) is 0 Å². The fourth-order valence-electron chi connectivity index (χ4n) is 2.78. The number of nitrogens with two attached hydrogens (primary N) is 1. The van der Waals surface area contributed by atoms with E-state index in [1.54, 1.807) is 41.7 Å². The molecule has 32 heavy (non-hydrogen) atoms. The largest absolute Gasteiger partial charge is 0.548 e. The summed E-state index contributed by atoms with van der Waals surface area (Å²) in [6.45, 7) is 1.13. The maximum atomic E-state index is 12.3. The van der Waals surface area contributed by atoms with Gasteiger partial charge < -0.3 is 31.0 Å². The van der Waals surface area contributed by atoms with Gasteiger partial charge in [-0.15, -0.1) is 0 Å². The molecule has 0 aliphatic heterocycles. The number of carbonyl (C=O) groups is 2. The van der Waals surface area contributed by atoms with Crippen molar-refractivity contribution < 1.29 is 32.6 Å². The van der Waals surface area contributed by atoms with E-state index in [-0.39, 0.29) is 23.8 Å². The predicted octanol–water partition coefficient (Wildman–Crippen LogP) is 1.49. The van der Waals surface area contributed by atoms with Gasteiger partial charge >= 0.3 is 12.1 Å². The van der Waals surface area contributed by atoms with E-state index < -0.39 is 30.6 Å². The molecular formula is C21H22F3N4O4-. The van der Waals surface area contributed by atoms with Gasteiger partial charge in [0.05, 0.1) is 18.6 Å². The molecule has 0 aromatic heterocycles. The Morgan fingerprint density at radius 2 is 1.84 bits per heavy atom. The number of ether oxygens (including phenoxy) is 1. The van der Waals surface area contributed by atoms with Crippen LogP contribution in [-0.2, 0) is 16.0 Å². The van der Waals surface area contributed by atoms with Crippen molar-refractivity contribution in [2.45, 2.75) is 25.6 Å². The first-order valence-electron chi connectivity index (χ1n) is 9.55. The Morgan fingerprint density at radius 3 is 2.38 bits per heavy atom. The van der Waals surface area contributed by atoms with Crippen LogP contribution in [0.15, 0.2) is 42.5 Å². The van der Waals surface area contributed by atoms with Crippen LogP contribution in [0.4, 0.5) is 18.9 Å². The molecule has 8 nitrogen and oxygen atoms in total. The third-order valence-electron chi connectivity index (χ3n) is 4.44. The minimum absolute atomic E-state index is 0.116. The number of hydrogen-bond donors (Lipinski definition) is 4. The fraction of sp³-hybridized carbons (Fsp3) is 0.286. The molecule has 5 N–H and O–H groups in total. The first-order valence-corrected chi connectivity index (χ1v) is 9.55. The molecule has 0 bridgehead atoms. The molecule has 0 aliphatic carbocycles. The van der Waals surface area contributed by atoms with Crippen molar-refractivity contribution in [1.29, 1.82) is 5.41 Å². The highest BCUT2D eigenvalue weighted by Gasteiger charge is 2.38. The fourth-order valence-corrected chi connectivity index (χ4v) is 2.78. The van der Waals surface area contributed by atoms with E-state index in [9.17, 15) is 27.9 Å². The SMILES string of the molecule is CCc1ccc(OCCNC(=O)C(F)(F)F)c(C(Nc2ccc(C(=N)N)cc2)C(=O)[O-])c1. The molecule has 172 valence electrons. The van der Waals surface area contributed by atoms with Gasteiger partial charge in [-0.25, -0.2) is 0 Å². The number of halogens is 3. The first-order chi connectivity index (χ1) is 15.0. The van der Waals surface area contributed by atoms with Gasteiger partial charge in [0.1, 0.15) is 18.2 Å². The van der Waals surface area contributed by atoms with Gasteiger partial charge in [-0.05, 0) is 48.4 Å². The highest BCUT2D eigenvalue weighted by molar-refractivity contribution is 5.95. The zero-order chi connectivity index (χ0) is 23.9. The van der Waals surface area contributed by atoms with Gasteiger partial charge in [0.2, 0.25) is 0 Å². The van der Waals surface area contributed by atoms with E-state index in [1.165, 1.54) is 6.07 Å². The monoisotopic (exact) mass is 451 g/mol. The molecule has 11 heteroatoms. The van der Waals surface area contributed by atoms with Gasteiger partial charge in [-0.2, -0.15) is 13.2 Å². The van der Waals surface area contributed by atoms with Crippen LogP contribution in [0, 0.1) is 5.41 Å². The zero-order valence-electron chi connectivity index (χ0n) is 17.1. The number of carbonyl (C=O) groups excluding carboxylic acids is 2. The van der Waals surface area contributed by atoms with Gasteiger partial charge in [0.15, 0.2) is 0 Å². The molecule has 0 aliphatic rings. The van der Waals surface area contributed by atoms with E-state index in [0.29, 0.717) is 17.7 Å². The van der Waals surface area contributed by atoms with Gasteiger partial charge in [-0.1, -0.05) is 13.0 Å². The summed E-state index contributed by atoms with van der Waals surface area (Å²) in [7, 11) is 0. The third kappa shape index (κ3) is 6.62. The molecule has 0 spiro atoms. The Kier molecular flexibility index (Phi) is 8.05. The Bertz CT molecular complexity index is 978. The zero-order valence-corrected chi connectivity index (χ0v) is 17.1. The second kappa shape index (κ2) is 10.5. The van der Waals surface area contributed by atoms with Crippen LogP contribution < -0.4 is 26.2 Å². The molecule has 0 fully saturated rings. The quantitative estimate of drug-likeness (QED) is 0.245. The van der Waals surface area contributed by atoms with Crippen molar-refractivity contribution in [3.05, 3.63) is 59.2 Å². The average molecular weight is 451 g/mol. The number of nitrogens with one attached hydrogen (secondary N) is 3. The molecule has 0 radical (unpaired) electrons. The summed E-state index contributed by atoms with van der Waals surface area (Å²) in [6.07, 6.45) is -4.40. The van der Waals surface area contributed by atoms with Gasteiger partial charge in [-0.3, -0.25) is 10.2 Å². The summed E-state index contributed by atoms with van der Waals surface area (Å²) in [4.78, 5) is 22.8. The van der Waals surface area contributed by atoms with Crippen LogP contribution in [0.3, 0.4) is 0 Å². The number of rotatable bonds is 10. The second-order valence-electron chi connectivity index (χ2n) is 6.72. The summed E-state index contributed by atoms with van der Waals surface area (Å²) >= 11 is 0. The topological polar surface area (TPSA) is 140 Å². The van der Waals surface area contributed by atoms with E-state index in [4.69, 9.17) is 15.9 Å². The van der Waals surface area contributed by atoms with Crippen molar-refractivity contribution in [2.75, 3.05) is 18.5 Å². The summed E-state index contributed by atoms with van der Waals surface area (Å²) in [5.41, 5.74) is 7.29. The minimum Gasteiger partial charge on any atom is -0.548 e. The third-order valence-corrected chi connectivity index (χ3v) is 4.44. The van der Waals surface area contributed by atoms with Crippen molar-refractivity contribution in [2.24, 2.45) is 5.73 Å². The van der Waals surface area contributed by atoms with Crippen molar-refractivity contribution >= 4 is 23.4 Å². The normalized spacial score (nSPS) is 12.0. The molecule has 0 saturated carbocycles. The molecule has 1 unspecified atom stereocenters. The molecule has 0 heterocycles. The molecule has 1 amide bonds. The lowest BCUT2D eigenvalue weighted by atomic mass is 10.0. The molecule has 2 rings (SSSR count). The number of amides is 1. The van der Waals surface area contributed by atoms with Crippen LogP contribution in [0.1, 0.15) is 29.7 Å². The second-order valence-corrected chi connectivity index (χ2v) is 6.72. The van der Waals surface area contributed by atoms with E-state index >= 15 is 0 Å². The lowest BCUT2D eigenvalue weighted by Gasteiger charge is -2.24. The molecular weight excluding hydrogens is 429 g/mol. The van der Waals surface area contributed by atoms with E-state index in [0.717, 1.165) is 5.56 Å². The molecule has 0 saturated heterocycles. The van der Waals surface area contributed by atoms with E-state index in [2.05, 4.69) is 5.32 Å². The minimum atomic E-state index is -5.00. The summed E-state index contributed by atoms with van der Waals surface area (Å²) in [6, 6.07) is 9.63. The lowest BCUT2D eigenvalue weighted by molar-refractivity contribution is -0.307. The highest BCUT2D eigenvalue weighted by atomic mass is 19.4. The van der Waals surface area contributed by atoms with E-state index in [1.807, 2.05) is 6.92 Å². The Labute approximate surface area is 182 Å². The van der Waals surface area contributed by atoms with Crippen molar-refractivity contribution in [3.63, 3.8) is 0 Å². The maximum Gasteiger partial charge on any atom is 0.471 e. The van der Waals surface area contributed by atoms with Gasteiger partial charge in [0, 0.05) is 16.8 Å². The number of carboxylic acid groups (broad SMARTS) is 1. The number of alkyl halides is 3. The summed E-state index contributed by atoms with van der Waals surface area (Å²) < 4.78 is 42.3. The number of aryl methyl sites for hydroxylation is 1. The molecule has 2 aromatic rings. The van der Waals surface area contributed by atoms with Crippen molar-refractivity contribution in [3.8, 4) is 5.75 Å². The maximum absolute atomic E-state index is 12.3. The number of hydrogen-bond acceptors (Lipinski definition) is 6. The number of anilines is 1. The number of carboxylic acids is 1. The lowest BCUT2D eigenvalue weighted by Crippen LogP contribution is -2.39. The first kappa shape index (κ1) is 24.5. The van der Waals surface area contributed by atoms with Crippen LogP contribution in [0.25, 0.3) is 0 Å². The Morgan fingerprint density at radius 1 is 1.19 bits per heavy atom. The van der Waals surface area contributed by atoms with Crippen LogP contribution in [0.5, 0.6) is 5.75 Å².